The van der Waals surface area contributed by atoms with Crippen molar-refractivity contribution in [1.82, 2.24) is 4.98 Å². The third kappa shape index (κ3) is 4.56. The van der Waals surface area contributed by atoms with Crippen LogP contribution in [0.25, 0.3) is 0 Å². The highest BCUT2D eigenvalue weighted by atomic mass is 79.9. The van der Waals surface area contributed by atoms with Gasteiger partial charge in [-0.1, -0.05) is 22.9 Å². The lowest BCUT2D eigenvalue weighted by atomic mass is 10.2. The summed E-state index contributed by atoms with van der Waals surface area (Å²) in [5.74, 6) is 0.573. The van der Waals surface area contributed by atoms with E-state index in [2.05, 4.69) is 38.5 Å². The number of anilines is 2. The summed E-state index contributed by atoms with van der Waals surface area (Å²) in [6, 6.07) is 9.27. The molecule has 0 atom stereocenters. The van der Waals surface area contributed by atoms with Gasteiger partial charge in [0, 0.05) is 28.5 Å². The summed E-state index contributed by atoms with van der Waals surface area (Å²) < 4.78 is 0.942. The zero-order valence-corrected chi connectivity index (χ0v) is 13.7. The quantitative estimate of drug-likeness (QED) is 0.850. The molecule has 0 aliphatic carbocycles. The molecule has 0 saturated heterocycles. The number of aromatic nitrogens is 1. The molecule has 1 aromatic heterocycles. The van der Waals surface area contributed by atoms with Gasteiger partial charge in [0.1, 0.15) is 5.82 Å². The minimum atomic E-state index is -0.144. The molecule has 2 rings (SSSR count). The molecule has 0 fully saturated rings. The van der Waals surface area contributed by atoms with Crippen LogP contribution in [0.4, 0.5) is 11.5 Å². The SMILES string of the molecule is CCCNc1cc(C(=O)Nc2cc(C)cc(Br)c2)ccn1. The number of hydrogen-bond acceptors (Lipinski definition) is 3. The average Bonchev–Trinajstić information content (AvgIpc) is 2.44. The Morgan fingerprint density at radius 1 is 1.29 bits per heavy atom. The second-order valence-electron chi connectivity index (χ2n) is 4.83. The number of halogens is 1. The maximum absolute atomic E-state index is 12.3. The summed E-state index contributed by atoms with van der Waals surface area (Å²) in [6.45, 7) is 4.90. The average molecular weight is 348 g/mol. The topological polar surface area (TPSA) is 54.0 Å². The molecule has 2 aromatic rings. The van der Waals surface area contributed by atoms with Crippen LogP contribution < -0.4 is 10.6 Å². The van der Waals surface area contributed by atoms with Gasteiger partial charge in [0.05, 0.1) is 0 Å². The van der Waals surface area contributed by atoms with E-state index in [9.17, 15) is 4.79 Å². The first-order valence-corrected chi connectivity index (χ1v) is 7.66. The van der Waals surface area contributed by atoms with Gasteiger partial charge in [-0.05, 0) is 49.2 Å². The molecule has 0 aliphatic rings. The fourth-order valence-electron chi connectivity index (χ4n) is 1.93. The van der Waals surface area contributed by atoms with Crippen LogP contribution in [0.1, 0.15) is 29.3 Å². The number of pyridine rings is 1. The molecule has 21 heavy (non-hydrogen) atoms. The van der Waals surface area contributed by atoms with E-state index >= 15 is 0 Å². The zero-order valence-electron chi connectivity index (χ0n) is 12.1. The van der Waals surface area contributed by atoms with Gasteiger partial charge in [-0.3, -0.25) is 4.79 Å². The highest BCUT2D eigenvalue weighted by Gasteiger charge is 2.08. The van der Waals surface area contributed by atoms with Crippen LogP contribution in [0, 0.1) is 6.92 Å². The van der Waals surface area contributed by atoms with E-state index in [1.54, 1.807) is 18.3 Å². The molecule has 5 heteroatoms. The van der Waals surface area contributed by atoms with E-state index < -0.39 is 0 Å². The molecule has 0 saturated carbocycles. The third-order valence-electron chi connectivity index (χ3n) is 2.88. The first kappa shape index (κ1) is 15.5. The second-order valence-corrected chi connectivity index (χ2v) is 5.74. The standard InChI is InChI=1S/C16H18BrN3O/c1-3-5-18-15-9-12(4-6-19-15)16(21)20-14-8-11(2)7-13(17)10-14/h4,6-10H,3,5H2,1-2H3,(H,18,19)(H,20,21). The van der Waals surface area contributed by atoms with E-state index in [0.29, 0.717) is 5.56 Å². The van der Waals surface area contributed by atoms with Crippen LogP contribution in [-0.2, 0) is 0 Å². The van der Waals surface area contributed by atoms with Gasteiger partial charge >= 0.3 is 0 Å². The highest BCUT2D eigenvalue weighted by Crippen LogP contribution is 2.20. The summed E-state index contributed by atoms with van der Waals surface area (Å²) in [6.07, 6.45) is 2.65. The second kappa shape index (κ2) is 7.22. The van der Waals surface area contributed by atoms with E-state index in [1.807, 2.05) is 25.1 Å². The number of aryl methyl sites for hydroxylation is 1. The molecule has 1 amide bonds. The minimum absolute atomic E-state index is 0.144. The molecule has 110 valence electrons. The summed E-state index contributed by atoms with van der Waals surface area (Å²) >= 11 is 3.43. The summed E-state index contributed by atoms with van der Waals surface area (Å²) in [5.41, 5.74) is 2.44. The number of carbonyl (C=O) groups is 1. The van der Waals surface area contributed by atoms with E-state index in [1.165, 1.54) is 0 Å². The predicted molar refractivity (Wildman–Crippen MR) is 89.8 cm³/mol. The molecule has 1 aromatic carbocycles. The van der Waals surface area contributed by atoms with Crippen molar-refractivity contribution in [3.63, 3.8) is 0 Å². The van der Waals surface area contributed by atoms with Crippen molar-refractivity contribution in [3.8, 4) is 0 Å². The van der Waals surface area contributed by atoms with Crippen molar-refractivity contribution in [1.29, 1.82) is 0 Å². The van der Waals surface area contributed by atoms with Gasteiger partial charge in [0.15, 0.2) is 0 Å². The number of carbonyl (C=O) groups excluding carboxylic acids is 1. The molecular formula is C16H18BrN3O. The molecule has 0 radical (unpaired) electrons. The molecule has 2 N–H and O–H groups in total. The lowest BCUT2D eigenvalue weighted by Crippen LogP contribution is -2.13. The van der Waals surface area contributed by atoms with E-state index in [4.69, 9.17) is 0 Å². The molecule has 0 bridgehead atoms. The number of benzene rings is 1. The molecular weight excluding hydrogens is 330 g/mol. The summed E-state index contributed by atoms with van der Waals surface area (Å²) in [4.78, 5) is 16.5. The first-order chi connectivity index (χ1) is 10.1. The lowest BCUT2D eigenvalue weighted by Gasteiger charge is -2.09. The maximum atomic E-state index is 12.3. The zero-order chi connectivity index (χ0) is 15.2. The monoisotopic (exact) mass is 347 g/mol. The predicted octanol–water partition coefficient (Wildman–Crippen LogP) is 4.23. The van der Waals surface area contributed by atoms with Gasteiger partial charge in [0.25, 0.3) is 5.91 Å². The molecule has 0 unspecified atom stereocenters. The van der Waals surface area contributed by atoms with Gasteiger partial charge < -0.3 is 10.6 Å². The summed E-state index contributed by atoms with van der Waals surface area (Å²) in [5, 5.41) is 6.07. The smallest absolute Gasteiger partial charge is 0.255 e. The molecule has 4 nitrogen and oxygen atoms in total. The van der Waals surface area contributed by atoms with Crippen molar-refractivity contribution in [2.75, 3.05) is 17.2 Å². The fourth-order valence-corrected chi connectivity index (χ4v) is 2.54. The normalized spacial score (nSPS) is 10.2. The Bertz CT molecular complexity index is 623. The fraction of sp³-hybridized carbons (Fsp3) is 0.250. The van der Waals surface area contributed by atoms with Gasteiger partial charge in [0.2, 0.25) is 0 Å². The van der Waals surface area contributed by atoms with Crippen LogP contribution in [-0.4, -0.2) is 17.4 Å². The van der Waals surface area contributed by atoms with Crippen LogP contribution in [0.15, 0.2) is 41.0 Å². The largest absolute Gasteiger partial charge is 0.370 e. The van der Waals surface area contributed by atoms with Gasteiger partial charge in [-0.2, -0.15) is 0 Å². The third-order valence-corrected chi connectivity index (χ3v) is 3.34. The van der Waals surface area contributed by atoms with E-state index in [-0.39, 0.29) is 5.91 Å². The van der Waals surface area contributed by atoms with Crippen LogP contribution in [0.3, 0.4) is 0 Å². The van der Waals surface area contributed by atoms with E-state index in [0.717, 1.165) is 34.5 Å². The van der Waals surface area contributed by atoms with Crippen molar-refractivity contribution >= 4 is 33.3 Å². The Hall–Kier alpha value is -1.88. The van der Waals surface area contributed by atoms with Crippen LogP contribution >= 0.6 is 15.9 Å². The Morgan fingerprint density at radius 2 is 2.10 bits per heavy atom. The number of hydrogen-bond donors (Lipinski definition) is 2. The molecule has 0 spiro atoms. The van der Waals surface area contributed by atoms with Crippen LogP contribution in [0.5, 0.6) is 0 Å². The number of amides is 1. The van der Waals surface area contributed by atoms with Crippen molar-refractivity contribution in [3.05, 3.63) is 52.1 Å². The number of nitrogens with zero attached hydrogens (tertiary/aromatic N) is 1. The van der Waals surface area contributed by atoms with Gasteiger partial charge in [-0.15, -0.1) is 0 Å². The molecule has 1 heterocycles. The Morgan fingerprint density at radius 3 is 2.81 bits per heavy atom. The Balaban J connectivity index is 2.12. The Labute approximate surface area is 133 Å². The lowest BCUT2D eigenvalue weighted by molar-refractivity contribution is 0.102. The van der Waals surface area contributed by atoms with Gasteiger partial charge in [-0.25, -0.2) is 4.98 Å². The summed E-state index contributed by atoms with van der Waals surface area (Å²) in [7, 11) is 0. The van der Waals surface area contributed by atoms with Crippen molar-refractivity contribution in [2.24, 2.45) is 0 Å². The highest BCUT2D eigenvalue weighted by molar-refractivity contribution is 9.10. The van der Waals surface area contributed by atoms with Crippen molar-refractivity contribution < 1.29 is 4.79 Å². The minimum Gasteiger partial charge on any atom is -0.370 e. The van der Waals surface area contributed by atoms with Crippen LogP contribution in [0.2, 0.25) is 0 Å². The molecule has 0 aliphatic heterocycles. The first-order valence-electron chi connectivity index (χ1n) is 6.87. The number of rotatable bonds is 5. The number of nitrogens with one attached hydrogen (secondary N) is 2. The maximum Gasteiger partial charge on any atom is 0.255 e. The Kier molecular flexibility index (Phi) is 5.33. The van der Waals surface area contributed by atoms with Crippen molar-refractivity contribution in [2.45, 2.75) is 20.3 Å².